The van der Waals surface area contributed by atoms with Gasteiger partial charge in [0.2, 0.25) is 5.82 Å². The fourth-order valence-electron chi connectivity index (χ4n) is 3.20. The van der Waals surface area contributed by atoms with Gasteiger partial charge in [-0.1, -0.05) is 6.07 Å². The molecule has 0 aliphatic rings. The van der Waals surface area contributed by atoms with Gasteiger partial charge in [0.15, 0.2) is 11.5 Å². The minimum absolute atomic E-state index is 0.169. The molecule has 0 spiro atoms. The van der Waals surface area contributed by atoms with Gasteiger partial charge in [-0.3, -0.25) is 0 Å². The summed E-state index contributed by atoms with van der Waals surface area (Å²) in [7, 11) is 3.68. The first kappa shape index (κ1) is 18.8. The summed E-state index contributed by atoms with van der Waals surface area (Å²) >= 11 is 0. The first-order valence-corrected chi connectivity index (χ1v) is 8.86. The highest BCUT2D eigenvalue weighted by atomic mass is 16.5. The second-order valence-corrected chi connectivity index (χ2v) is 6.82. The second kappa shape index (κ2) is 8.18. The summed E-state index contributed by atoms with van der Waals surface area (Å²) in [5.74, 6) is 1.30. The van der Waals surface area contributed by atoms with E-state index in [4.69, 9.17) is 4.74 Å². The van der Waals surface area contributed by atoms with Crippen molar-refractivity contribution < 1.29 is 9.84 Å². The average molecular weight is 367 g/mol. The predicted molar refractivity (Wildman–Crippen MR) is 104 cm³/mol. The number of nitrogens with one attached hydrogen (secondary N) is 1. The smallest absolute Gasteiger partial charge is 0.204 e. The Labute approximate surface area is 159 Å². The molecule has 1 aromatic heterocycles. The van der Waals surface area contributed by atoms with E-state index < -0.39 is 0 Å². The van der Waals surface area contributed by atoms with Gasteiger partial charge in [-0.05, 0) is 79.0 Å². The minimum Gasteiger partial charge on any atom is -0.504 e. The van der Waals surface area contributed by atoms with E-state index in [2.05, 4.69) is 58.6 Å². The number of phenols is 1. The first-order chi connectivity index (χ1) is 13.0. The number of H-pyrrole nitrogens is 1. The highest BCUT2D eigenvalue weighted by Crippen LogP contribution is 2.27. The van der Waals surface area contributed by atoms with Crippen molar-refractivity contribution in [2.24, 2.45) is 0 Å². The van der Waals surface area contributed by atoms with Crippen molar-refractivity contribution in [1.29, 1.82) is 0 Å². The molecule has 0 amide bonds. The van der Waals surface area contributed by atoms with Gasteiger partial charge in [-0.2, -0.15) is 5.21 Å². The number of phenolic OH excluding ortho intramolecular Hbond substituents is 1. The van der Waals surface area contributed by atoms with Crippen LogP contribution in [0.3, 0.4) is 0 Å². The van der Waals surface area contributed by atoms with E-state index >= 15 is 0 Å². The summed E-state index contributed by atoms with van der Waals surface area (Å²) in [6.45, 7) is 5.99. The summed E-state index contributed by atoms with van der Waals surface area (Å²) in [6, 6.07) is 9.71. The molecular weight excluding hydrogens is 342 g/mol. The maximum absolute atomic E-state index is 9.71. The molecule has 0 saturated carbocycles. The third-order valence-electron chi connectivity index (χ3n) is 4.75. The van der Waals surface area contributed by atoms with Crippen LogP contribution in [0.2, 0.25) is 0 Å². The number of aromatic amines is 1. The van der Waals surface area contributed by atoms with Crippen LogP contribution in [0.5, 0.6) is 11.5 Å². The maximum Gasteiger partial charge on any atom is 0.204 e. The average Bonchev–Trinajstić information content (AvgIpc) is 3.18. The highest BCUT2D eigenvalue weighted by Gasteiger charge is 2.12. The van der Waals surface area contributed by atoms with Gasteiger partial charge in [0.05, 0.1) is 7.11 Å². The molecule has 27 heavy (non-hydrogen) atoms. The van der Waals surface area contributed by atoms with Gasteiger partial charge >= 0.3 is 0 Å². The maximum atomic E-state index is 9.71. The number of rotatable bonds is 7. The number of tetrazole rings is 1. The Bertz CT molecular complexity index is 886. The van der Waals surface area contributed by atoms with Gasteiger partial charge in [-0.25, -0.2) is 0 Å². The molecule has 3 rings (SSSR count). The second-order valence-electron chi connectivity index (χ2n) is 6.82. The Morgan fingerprint density at radius 2 is 1.89 bits per heavy atom. The van der Waals surface area contributed by atoms with Gasteiger partial charge < -0.3 is 14.7 Å². The first-order valence-electron chi connectivity index (χ1n) is 8.86. The van der Waals surface area contributed by atoms with Crippen LogP contribution in [-0.2, 0) is 13.0 Å². The molecule has 0 atom stereocenters. The fraction of sp³-hybridized carbons (Fsp3) is 0.350. The number of nitrogens with zero attached hydrogens (tertiary/aromatic N) is 4. The number of aromatic hydroxyl groups is 1. The molecule has 142 valence electrons. The number of likely N-dealkylation sites (N-methyl/N-ethyl adjacent to an activating group) is 1. The normalized spacial score (nSPS) is 11.1. The van der Waals surface area contributed by atoms with Crippen LogP contribution < -0.4 is 4.74 Å². The van der Waals surface area contributed by atoms with Gasteiger partial charge in [0.25, 0.3) is 0 Å². The van der Waals surface area contributed by atoms with Crippen LogP contribution in [-0.4, -0.2) is 51.3 Å². The Morgan fingerprint density at radius 3 is 2.52 bits per heavy atom. The van der Waals surface area contributed by atoms with Crippen LogP contribution in [0.15, 0.2) is 30.3 Å². The zero-order valence-corrected chi connectivity index (χ0v) is 16.2. The summed E-state index contributed by atoms with van der Waals surface area (Å²) in [5, 5.41) is 23.9. The summed E-state index contributed by atoms with van der Waals surface area (Å²) in [5.41, 5.74) is 5.85. The summed E-state index contributed by atoms with van der Waals surface area (Å²) in [4.78, 5) is 2.29. The molecule has 0 aliphatic heterocycles. The van der Waals surface area contributed by atoms with E-state index in [9.17, 15) is 5.11 Å². The van der Waals surface area contributed by atoms with Crippen molar-refractivity contribution in [2.75, 3.05) is 20.7 Å². The Balaban J connectivity index is 1.66. The molecule has 0 bridgehead atoms. The quantitative estimate of drug-likeness (QED) is 0.668. The third-order valence-corrected chi connectivity index (χ3v) is 4.75. The van der Waals surface area contributed by atoms with Crippen molar-refractivity contribution >= 4 is 0 Å². The molecule has 0 aliphatic carbocycles. The highest BCUT2D eigenvalue weighted by molar-refractivity contribution is 5.58. The van der Waals surface area contributed by atoms with Crippen molar-refractivity contribution in [3.8, 4) is 22.9 Å². The molecule has 2 N–H and O–H groups in total. The van der Waals surface area contributed by atoms with Crippen LogP contribution in [0.1, 0.15) is 22.3 Å². The van der Waals surface area contributed by atoms with Gasteiger partial charge in [0, 0.05) is 18.7 Å². The van der Waals surface area contributed by atoms with Crippen LogP contribution >= 0.6 is 0 Å². The lowest BCUT2D eigenvalue weighted by Crippen LogP contribution is -2.22. The van der Waals surface area contributed by atoms with Gasteiger partial charge in [0.1, 0.15) is 0 Å². The predicted octanol–water partition coefficient (Wildman–Crippen LogP) is 2.87. The largest absolute Gasteiger partial charge is 0.504 e. The number of ether oxygens (including phenoxy) is 1. The number of hydrogen-bond acceptors (Lipinski definition) is 6. The van der Waals surface area contributed by atoms with Crippen molar-refractivity contribution in [3.05, 3.63) is 52.6 Å². The standard InChI is InChI=1S/C20H25N5O2/c1-13-9-16(20-21-23-24-22-20)10-14(2)17(13)12-25(3)8-7-15-5-6-18(26)19(11-15)27-4/h5-6,9-11,26H,7-8,12H2,1-4H3,(H,21,22,23,24). The topological polar surface area (TPSA) is 87.2 Å². The van der Waals surface area contributed by atoms with Crippen molar-refractivity contribution in [1.82, 2.24) is 25.5 Å². The molecule has 1 heterocycles. The minimum atomic E-state index is 0.169. The van der Waals surface area contributed by atoms with Crippen LogP contribution in [0.4, 0.5) is 0 Å². The van der Waals surface area contributed by atoms with Crippen LogP contribution in [0, 0.1) is 13.8 Å². The SMILES string of the molecule is COc1cc(CCN(C)Cc2c(C)cc(-c3nn[nH]n3)cc2C)ccc1O. The van der Waals surface area contributed by atoms with E-state index in [0.717, 1.165) is 30.6 Å². The van der Waals surface area contributed by atoms with E-state index in [1.165, 1.54) is 16.7 Å². The van der Waals surface area contributed by atoms with E-state index in [-0.39, 0.29) is 5.75 Å². The monoisotopic (exact) mass is 367 g/mol. The zero-order valence-electron chi connectivity index (χ0n) is 16.2. The lowest BCUT2D eigenvalue weighted by atomic mass is 9.98. The number of methoxy groups -OCH3 is 1. The molecule has 2 aromatic carbocycles. The molecule has 0 unspecified atom stereocenters. The number of benzene rings is 2. The molecule has 7 heteroatoms. The molecule has 0 saturated heterocycles. The lowest BCUT2D eigenvalue weighted by Gasteiger charge is -2.20. The molecule has 0 fully saturated rings. The van der Waals surface area contributed by atoms with Gasteiger partial charge in [-0.15, -0.1) is 10.2 Å². The summed E-state index contributed by atoms with van der Waals surface area (Å²) < 4.78 is 5.18. The van der Waals surface area contributed by atoms with Crippen LogP contribution in [0.25, 0.3) is 11.4 Å². The Hall–Kier alpha value is -2.93. The molecule has 3 aromatic rings. The zero-order chi connectivity index (χ0) is 19.4. The molecule has 7 nitrogen and oxygen atoms in total. The third kappa shape index (κ3) is 4.43. The number of aryl methyl sites for hydroxylation is 2. The van der Waals surface area contributed by atoms with Crippen molar-refractivity contribution in [3.63, 3.8) is 0 Å². The molecular formula is C20H25N5O2. The fourth-order valence-corrected chi connectivity index (χ4v) is 3.20. The summed E-state index contributed by atoms with van der Waals surface area (Å²) in [6.07, 6.45) is 0.881. The number of aromatic nitrogens is 4. The Kier molecular flexibility index (Phi) is 5.71. The Morgan fingerprint density at radius 1 is 1.15 bits per heavy atom. The lowest BCUT2D eigenvalue weighted by molar-refractivity contribution is 0.329. The van der Waals surface area contributed by atoms with Crippen molar-refractivity contribution in [2.45, 2.75) is 26.8 Å². The molecule has 0 radical (unpaired) electrons. The van der Waals surface area contributed by atoms with E-state index in [1.54, 1.807) is 13.2 Å². The van der Waals surface area contributed by atoms with E-state index in [1.807, 2.05) is 12.1 Å². The van der Waals surface area contributed by atoms with E-state index in [0.29, 0.717) is 11.6 Å². The number of hydrogen-bond donors (Lipinski definition) is 2.